The number of hydrogen-bond donors (Lipinski definition) is 2. The normalized spacial score (nSPS) is 11.0. The van der Waals surface area contributed by atoms with E-state index < -0.39 is 12.1 Å². The minimum absolute atomic E-state index is 0.250. The molecule has 1 amide bonds. The Balaban J connectivity index is 1.96. The summed E-state index contributed by atoms with van der Waals surface area (Å²) in [6, 6.07) is 17.0. The summed E-state index contributed by atoms with van der Waals surface area (Å²) in [5, 5.41) is 11.3. The average Bonchev–Trinajstić information content (AvgIpc) is 2.59. The van der Waals surface area contributed by atoms with Crippen molar-refractivity contribution >= 4 is 12.1 Å². The van der Waals surface area contributed by atoms with Crippen LogP contribution in [0.3, 0.4) is 0 Å². The first-order chi connectivity index (χ1) is 11.6. The molecule has 0 spiro atoms. The number of carbonyl (C=O) groups excluding carboxylic acids is 1. The van der Waals surface area contributed by atoms with Crippen molar-refractivity contribution in [1.82, 2.24) is 5.32 Å². The van der Waals surface area contributed by atoms with E-state index in [1.807, 2.05) is 42.5 Å². The Labute approximate surface area is 140 Å². The smallest absolute Gasteiger partial charge is 0.412 e. The van der Waals surface area contributed by atoms with E-state index in [1.54, 1.807) is 18.2 Å². The van der Waals surface area contributed by atoms with Gasteiger partial charge in [-0.1, -0.05) is 54.6 Å². The van der Waals surface area contributed by atoms with Crippen LogP contribution in [0.25, 0.3) is 11.1 Å². The molecule has 0 aliphatic heterocycles. The van der Waals surface area contributed by atoms with Crippen LogP contribution in [-0.4, -0.2) is 23.7 Å². The fourth-order valence-corrected chi connectivity index (χ4v) is 2.10. The molecule has 0 atom stereocenters. The van der Waals surface area contributed by atoms with Crippen molar-refractivity contribution in [3.05, 3.63) is 66.2 Å². The third kappa shape index (κ3) is 4.98. The molecule has 0 saturated carbocycles. The minimum atomic E-state index is -0.964. The zero-order valence-electron chi connectivity index (χ0n) is 13.4. The van der Waals surface area contributed by atoms with Gasteiger partial charge < -0.3 is 15.2 Å². The lowest BCUT2D eigenvalue weighted by Crippen LogP contribution is -2.27. The van der Waals surface area contributed by atoms with Gasteiger partial charge in [0.25, 0.3) is 0 Å². The summed E-state index contributed by atoms with van der Waals surface area (Å²) in [6.07, 6.45) is 1.41. The molecule has 5 nitrogen and oxygen atoms in total. The fraction of sp³-hybridized carbons (Fsp3) is 0.158. The number of amides is 1. The number of nitrogens with one attached hydrogen (secondary N) is 1. The van der Waals surface area contributed by atoms with Gasteiger partial charge in [0, 0.05) is 17.7 Å². The van der Waals surface area contributed by atoms with Crippen molar-refractivity contribution < 1.29 is 19.4 Å². The van der Waals surface area contributed by atoms with Gasteiger partial charge in [0.05, 0.1) is 0 Å². The van der Waals surface area contributed by atoms with Gasteiger partial charge in [0.1, 0.15) is 5.75 Å². The summed E-state index contributed by atoms with van der Waals surface area (Å²) in [5.41, 5.74) is 2.04. The first kappa shape index (κ1) is 17.3. The lowest BCUT2D eigenvalue weighted by Gasteiger charge is -2.10. The molecule has 24 heavy (non-hydrogen) atoms. The molecular weight excluding hydrogens is 306 g/mol. The highest BCUT2D eigenvalue weighted by Gasteiger charge is 2.09. The molecule has 2 N–H and O–H groups in total. The third-order valence-corrected chi connectivity index (χ3v) is 3.38. The molecule has 0 radical (unpaired) electrons. The first-order valence-electron chi connectivity index (χ1n) is 7.58. The van der Waals surface area contributed by atoms with E-state index in [1.165, 1.54) is 6.92 Å². The molecule has 5 heteroatoms. The first-order valence-corrected chi connectivity index (χ1v) is 7.58. The number of benzene rings is 2. The second-order valence-corrected chi connectivity index (χ2v) is 5.16. The average molecular weight is 325 g/mol. The zero-order valence-corrected chi connectivity index (χ0v) is 13.4. The van der Waals surface area contributed by atoms with Crippen molar-refractivity contribution in [3.8, 4) is 16.9 Å². The van der Waals surface area contributed by atoms with Crippen LogP contribution in [-0.2, 0) is 4.79 Å². The molecule has 0 saturated heterocycles. The second-order valence-electron chi connectivity index (χ2n) is 5.16. The van der Waals surface area contributed by atoms with Gasteiger partial charge in [-0.15, -0.1) is 0 Å². The minimum Gasteiger partial charge on any atom is -0.478 e. The van der Waals surface area contributed by atoms with Crippen LogP contribution in [0.4, 0.5) is 4.79 Å². The Hall–Kier alpha value is -3.08. The number of rotatable bonds is 6. The molecule has 0 aromatic heterocycles. The predicted molar refractivity (Wildman–Crippen MR) is 91.9 cm³/mol. The predicted octanol–water partition coefficient (Wildman–Crippen LogP) is 3.86. The lowest BCUT2D eigenvalue weighted by molar-refractivity contribution is -0.132. The standard InChI is InChI=1S/C19H19NO4/c1-14(18(21)22)8-7-13-20-19(23)24-17-12-6-5-11-16(17)15-9-3-2-4-10-15/h2-6,8-12H,7,13H2,1H3,(H,20,23)(H,21,22)/b14-8+. The number of carboxylic acids is 1. The molecule has 124 valence electrons. The molecule has 0 bridgehead atoms. The molecule has 0 aliphatic rings. The summed E-state index contributed by atoms with van der Waals surface area (Å²) >= 11 is 0. The number of hydrogen-bond acceptors (Lipinski definition) is 3. The van der Waals surface area contributed by atoms with E-state index in [9.17, 15) is 9.59 Å². The van der Waals surface area contributed by atoms with Gasteiger partial charge in [-0.05, 0) is 25.0 Å². The van der Waals surface area contributed by atoms with Gasteiger partial charge in [-0.25, -0.2) is 9.59 Å². The Morgan fingerprint density at radius 3 is 2.46 bits per heavy atom. The summed E-state index contributed by atoms with van der Waals surface area (Å²) in [4.78, 5) is 22.6. The molecule has 0 aliphatic carbocycles. The van der Waals surface area contributed by atoms with Crippen molar-refractivity contribution in [2.75, 3.05) is 6.54 Å². The van der Waals surface area contributed by atoms with Gasteiger partial charge >= 0.3 is 12.1 Å². The van der Waals surface area contributed by atoms with Gasteiger partial charge in [-0.3, -0.25) is 0 Å². The van der Waals surface area contributed by atoms with Crippen LogP contribution in [0.5, 0.6) is 5.75 Å². The van der Waals surface area contributed by atoms with Crippen molar-refractivity contribution in [3.63, 3.8) is 0 Å². The van der Waals surface area contributed by atoms with Crippen LogP contribution < -0.4 is 10.1 Å². The van der Waals surface area contributed by atoms with Crippen molar-refractivity contribution in [2.24, 2.45) is 0 Å². The summed E-state index contributed by atoms with van der Waals surface area (Å²) in [5.74, 6) is -0.493. The molecule has 2 rings (SSSR count). The number of aliphatic carboxylic acids is 1. The zero-order chi connectivity index (χ0) is 17.4. The summed E-state index contributed by atoms with van der Waals surface area (Å²) in [6.45, 7) is 1.81. The fourth-order valence-electron chi connectivity index (χ4n) is 2.10. The van der Waals surface area contributed by atoms with Crippen LogP contribution in [0, 0.1) is 0 Å². The van der Waals surface area contributed by atoms with Crippen LogP contribution >= 0.6 is 0 Å². The molecule has 0 heterocycles. The van der Waals surface area contributed by atoms with Crippen LogP contribution in [0.2, 0.25) is 0 Å². The van der Waals surface area contributed by atoms with E-state index in [0.717, 1.165) is 11.1 Å². The highest BCUT2D eigenvalue weighted by Crippen LogP contribution is 2.29. The summed E-state index contributed by atoms with van der Waals surface area (Å²) < 4.78 is 5.37. The van der Waals surface area contributed by atoms with Crippen molar-refractivity contribution in [2.45, 2.75) is 13.3 Å². The number of ether oxygens (including phenoxy) is 1. The van der Waals surface area contributed by atoms with Crippen LogP contribution in [0.1, 0.15) is 13.3 Å². The highest BCUT2D eigenvalue weighted by molar-refractivity contribution is 5.85. The number of carbonyl (C=O) groups is 2. The number of carboxylic acid groups (broad SMARTS) is 1. The van der Waals surface area contributed by atoms with Crippen LogP contribution in [0.15, 0.2) is 66.2 Å². The van der Waals surface area contributed by atoms with Gasteiger partial charge in [0.15, 0.2) is 0 Å². The Kier molecular flexibility index (Phi) is 6.14. The Morgan fingerprint density at radius 2 is 1.75 bits per heavy atom. The number of para-hydroxylation sites is 1. The maximum Gasteiger partial charge on any atom is 0.412 e. The quantitative estimate of drug-likeness (QED) is 0.624. The monoisotopic (exact) mass is 325 g/mol. The Morgan fingerprint density at radius 1 is 1.08 bits per heavy atom. The molecule has 2 aromatic carbocycles. The maximum atomic E-state index is 11.9. The SMILES string of the molecule is C/C(=C\CCNC(=O)Oc1ccccc1-c1ccccc1)C(=O)O. The highest BCUT2D eigenvalue weighted by atomic mass is 16.6. The maximum absolute atomic E-state index is 11.9. The van der Waals surface area contributed by atoms with Gasteiger partial charge in [0.2, 0.25) is 0 Å². The lowest BCUT2D eigenvalue weighted by atomic mass is 10.1. The largest absolute Gasteiger partial charge is 0.478 e. The molecule has 0 fully saturated rings. The van der Waals surface area contributed by atoms with E-state index in [0.29, 0.717) is 18.7 Å². The second kappa shape index (κ2) is 8.53. The Bertz CT molecular complexity index is 738. The molecule has 2 aromatic rings. The third-order valence-electron chi connectivity index (χ3n) is 3.38. The summed E-state index contributed by atoms with van der Waals surface area (Å²) in [7, 11) is 0. The molecule has 0 unspecified atom stereocenters. The van der Waals surface area contributed by atoms with E-state index in [2.05, 4.69) is 5.32 Å². The van der Waals surface area contributed by atoms with Crippen molar-refractivity contribution in [1.29, 1.82) is 0 Å². The van der Waals surface area contributed by atoms with E-state index >= 15 is 0 Å². The van der Waals surface area contributed by atoms with E-state index in [-0.39, 0.29) is 5.57 Å². The van der Waals surface area contributed by atoms with Gasteiger partial charge in [-0.2, -0.15) is 0 Å². The topological polar surface area (TPSA) is 75.6 Å². The van der Waals surface area contributed by atoms with E-state index in [4.69, 9.17) is 9.84 Å². The molecular formula is C19H19NO4.